The molecule has 0 saturated carbocycles. The summed E-state index contributed by atoms with van der Waals surface area (Å²) in [6.07, 6.45) is 0.337. The van der Waals surface area contributed by atoms with Crippen molar-refractivity contribution in [2.75, 3.05) is 12.1 Å². The molecule has 4 aromatic rings. The minimum atomic E-state index is -0.971. The molecule has 6 rings (SSSR count). The lowest BCUT2D eigenvalue weighted by Gasteiger charge is -2.37. The van der Waals surface area contributed by atoms with E-state index < -0.39 is 41.6 Å². The molecule has 0 spiro atoms. The molecule has 2 saturated heterocycles. The summed E-state index contributed by atoms with van der Waals surface area (Å²) >= 11 is 5.80. The lowest BCUT2D eigenvalue weighted by Crippen LogP contribution is -2.39. The van der Waals surface area contributed by atoms with Gasteiger partial charge in [0.2, 0.25) is 0 Å². The van der Waals surface area contributed by atoms with Gasteiger partial charge in [-0.25, -0.2) is 4.79 Å². The first kappa shape index (κ1) is 29.3. The zero-order valence-electron chi connectivity index (χ0n) is 23.7. The standard InChI is InChI=1S/C33H32ClN3O6/c1-32(2)42-27-26(41-30(28(27)43-32)37-20-22(18-19-34)29(36-39)35-31(37)38)21-40-33(23-12-6-3-7-13-23,24-14-8-4-9-15-24)25-16-10-5-11-17-25/h3-20,26-28,30,39H,21H2,1-2H3,(H,35,36,38)/t26-,27-,28-,30-/m1/s1. The van der Waals surface area contributed by atoms with Crippen molar-refractivity contribution in [3.8, 4) is 0 Å². The monoisotopic (exact) mass is 601 g/mol. The van der Waals surface area contributed by atoms with Gasteiger partial charge in [-0.15, -0.1) is 0 Å². The molecular formula is C33H32ClN3O6. The van der Waals surface area contributed by atoms with Crippen LogP contribution < -0.4 is 11.2 Å². The maximum Gasteiger partial charge on any atom is 0.351 e. The highest BCUT2D eigenvalue weighted by Crippen LogP contribution is 2.45. The quantitative estimate of drug-likeness (QED) is 0.187. The largest absolute Gasteiger partial charge is 0.358 e. The number of hydrogen-bond acceptors (Lipinski definition) is 8. The molecule has 3 aromatic carbocycles. The zero-order chi connectivity index (χ0) is 30.0. The van der Waals surface area contributed by atoms with Crippen molar-refractivity contribution in [1.82, 2.24) is 9.55 Å². The van der Waals surface area contributed by atoms with Gasteiger partial charge in [-0.2, -0.15) is 4.98 Å². The Morgan fingerprint density at radius 3 is 2.00 bits per heavy atom. The Labute approximate surface area is 254 Å². The molecule has 0 unspecified atom stereocenters. The minimum absolute atomic E-state index is 0.0325. The number of ether oxygens (including phenoxy) is 4. The van der Waals surface area contributed by atoms with Crippen molar-refractivity contribution < 1.29 is 24.2 Å². The summed E-state index contributed by atoms with van der Waals surface area (Å²) in [7, 11) is 0. The van der Waals surface area contributed by atoms with Gasteiger partial charge in [0.1, 0.15) is 23.9 Å². The maximum atomic E-state index is 13.1. The first-order valence-corrected chi connectivity index (χ1v) is 14.4. The van der Waals surface area contributed by atoms with Gasteiger partial charge < -0.3 is 18.9 Å². The van der Waals surface area contributed by atoms with Crippen LogP contribution in [0.4, 0.5) is 5.82 Å². The van der Waals surface area contributed by atoms with Crippen molar-refractivity contribution >= 4 is 23.5 Å². The first-order valence-electron chi connectivity index (χ1n) is 14.0. The third-order valence-electron chi connectivity index (χ3n) is 7.73. The third-order valence-corrected chi connectivity index (χ3v) is 7.86. The Balaban J connectivity index is 1.40. The van der Waals surface area contributed by atoms with Crippen LogP contribution in [0, 0.1) is 0 Å². The molecule has 0 amide bonds. The van der Waals surface area contributed by atoms with Crippen molar-refractivity contribution in [2.45, 2.75) is 49.8 Å². The smallest absolute Gasteiger partial charge is 0.351 e. The maximum absolute atomic E-state index is 13.1. The van der Waals surface area contributed by atoms with Gasteiger partial charge in [-0.05, 0) is 36.6 Å². The van der Waals surface area contributed by atoms with Gasteiger partial charge in [0, 0.05) is 17.3 Å². The van der Waals surface area contributed by atoms with E-state index in [1.165, 1.54) is 22.4 Å². The summed E-state index contributed by atoms with van der Waals surface area (Å²) in [6, 6.07) is 30.2. The van der Waals surface area contributed by atoms with Gasteiger partial charge in [0.15, 0.2) is 17.8 Å². The second-order valence-corrected chi connectivity index (χ2v) is 11.1. The van der Waals surface area contributed by atoms with Gasteiger partial charge in [-0.1, -0.05) is 103 Å². The fraction of sp³-hybridized carbons (Fsp3) is 0.273. The van der Waals surface area contributed by atoms with Gasteiger partial charge in [0.25, 0.3) is 0 Å². The molecule has 2 N–H and O–H groups in total. The van der Waals surface area contributed by atoms with Crippen molar-refractivity contribution in [1.29, 1.82) is 0 Å². The lowest BCUT2D eigenvalue weighted by atomic mass is 9.80. The number of benzene rings is 3. The molecule has 43 heavy (non-hydrogen) atoms. The predicted molar refractivity (Wildman–Crippen MR) is 162 cm³/mol. The number of halogens is 1. The molecule has 4 atom stereocenters. The molecule has 9 nitrogen and oxygen atoms in total. The van der Waals surface area contributed by atoms with Crippen LogP contribution in [0.1, 0.15) is 42.3 Å². The molecule has 2 fully saturated rings. The van der Waals surface area contributed by atoms with E-state index in [1.807, 2.05) is 110 Å². The predicted octanol–water partition coefficient (Wildman–Crippen LogP) is 5.68. The summed E-state index contributed by atoms with van der Waals surface area (Å²) in [5, 5.41) is 9.48. The van der Waals surface area contributed by atoms with Gasteiger partial charge >= 0.3 is 5.69 Å². The van der Waals surface area contributed by atoms with E-state index in [9.17, 15) is 10.0 Å². The molecule has 2 aliphatic heterocycles. The average Bonchev–Trinajstić information content (AvgIpc) is 3.52. The highest BCUT2D eigenvalue weighted by molar-refractivity contribution is 6.27. The van der Waals surface area contributed by atoms with Crippen LogP contribution in [0.2, 0.25) is 0 Å². The molecule has 0 radical (unpaired) electrons. The van der Waals surface area contributed by atoms with E-state index in [4.69, 9.17) is 30.5 Å². The third kappa shape index (κ3) is 5.51. The normalized spacial score (nSPS) is 23.0. The number of anilines is 1. The van der Waals surface area contributed by atoms with E-state index in [1.54, 1.807) is 0 Å². The number of nitrogens with zero attached hydrogens (tertiary/aromatic N) is 2. The van der Waals surface area contributed by atoms with Gasteiger partial charge in [0.05, 0.1) is 6.61 Å². The molecule has 1 aromatic heterocycles. The lowest BCUT2D eigenvalue weighted by molar-refractivity contribution is -0.205. The number of rotatable bonds is 9. The fourth-order valence-corrected chi connectivity index (χ4v) is 6.07. The van der Waals surface area contributed by atoms with Crippen molar-refractivity contribution in [3.63, 3.8) is 0 Å². The molecule has 0 aliphatic carbocycles. The van der Waals surface area contributed by atoms with Crippen LogP contribution in [-0.2, 0) is 24.5 Å². The SMILES string of the molecule is CC1(C)O[C@@H]2[C@H](O1)[C@@H](COC(c1ccccc1)(c1ccccc1)c1ccccc1)O[C@H]2n1cc(C=CCl)c(NO)nc1=O. The summed E-state index contributed by atoms with van der Waals surface area (Å²) < 4.78 is 27.5. The topological polar surface area (TPSA) is 104 Å². The number of aromatic nitrogens is 2. The Bertz CT molecular complexity index is 1530. The number of nitrogens with one attached hydrogen (secondary N) is 1. The van der Waals surface area contributed by atoms with E-state index >= 15 is 0 Å². The summed E-state index contributed by atoms with van der Waals surface area (Å²) in [5.74, 6) is -0.956. The molecule has 0 bridgehead atoms. The highest BCUT2D eigenvalue weighted by atomic mass is 35.5. The Morgan fingerprint density at radius 2 is 1.49 bits per heavy atom. The Morgan fingerprint density at radius 1 is 0.953 bits per heavy atom. The Kier molecular flexibility index (Phi) is 8.19. The van der Waals surface area contributed by atoms with Crippen LogP contribution >= 0.6 is 11.6 Å². The Hall–Kier alpha value is -3.83. The molecular weight excluding hydrogens is 570 g/mol. The number of hydrogen-bond donors (Lipinski definition) is 2. The average molecular weight is 602 g/mol. The summed E-state index contributed by atoms with van der Waals surface area (Å²) in [4.78, 5) is 17.1. The van der Waals surface area contributed by atoms with Crippen molar-refractivity contribution in [2.24, 2.45) is 0 Å². The molecule has 2 aliphatic rings. The van der Waals surface area contributed by atoms with E-state index in [0.29, 0.717) is 5.56 Å². The molecule has 222 valence electrons. The van der Waals surface area contributed by atoms with E-state index in [0.717, 1.165) is 16.7 Å². The highest BCUT2D eigenvalue weighted by Gasteiger charge is 2.57. The zero-order valence-corrected chi connectivity index (χ0v) is 24.4. The van der Waals surface area contributed by atoms with Crippen LogP contribution in [0.25, 0.3) is 6.08 Å². The summed E-state index contributed by atoms with van der Waals surface area (Å²) in [6.45, 7) is 3.76. The second-order valence-electron chi connectivity index (χ2n) is 10.9. The van der Waals surface area contributed by atoms with E-state index in [-0.39, 0.29) is 12.4 Å². The minimum Gasteiger partial charge on any atom is -0.358 e. The fourth-order valence-electron chi connectivity index (χ4n) is 5.94. The van der Waals surface area contributed by atoms with Crippen LogP contribution in [-0.4, -0.2) is 45.5 Å². The van der Waals surface area contributed by atoms with Crippen LogP contribution in [0.5, 0.6) is 0 Å². The summed E-state index contributed by atoms with van der Waals surface area (Å²) in [5.41, 5.74) is 4.82. The first-order chi connectivity index (χ1) is 20.9. The molecule has 10 heteroatoms. The second kappa shape index (κ2) is 12.0. The van der Waals surface area contributed by atoms with Crippen LogP contribution in [0.3, 0.4) is 0 Å². The molecule has 3 heterocycles. The van der Waals surface area contributed by atoms with Gasteiger partial charge in [-0.3, -0.25) is 15.3 Å². The van der Waals surface area contributed by atoms with E-state index in [2.05, 4.69) is 4.98 Å². The van der Waals surface area contributed by atoms with Crippen molar-refractivity contribution in [3.05, 3.63) is 135 Å². The number of fused-ring (bicyclic) bond motifs is 1. The van der Waals surface area contributed by atoms with Crippen LogP contribution in [0.15, 0.2) is 108 Å².